The fraction of sp³-hybridized carbons (Fsp3) is 0.421. The van der Waals surface area contributed by atoms with E-state index >= 15 is 0 Å². The standard InChI is InChI=1S/C19H26N4O3/c1-19(2,3)26-18(25)22-10-6-9-21-17(24)14-11-13-7-4-5-8-15(13)23-16(20)12-14/h4-5,7-8,11H,6,9-10,12H2,1-3H3,(H2,20,23)(H,21,24)(H,22,25). The van der Waals surface area contributed by atoms with Crippen LogP contribution in [-0.2, 0) is 9.53 Å². The second kappa shape index (κ2) is 8.51. The van der Waals surface area contributed by atoms with Crippen LogP contribution in [0.5, 0.6) is 0 Å². The summed E-state index contributed by atoms with van der Waals surface area (Å²) in [6.07, 6.45) is 2.25. The summed E-state index contributed by atoms with van der Waals surface area (Å²) in [5.74, 6) is 0.222. The summed E-state index contributed by atoms with van der Waals surface area (Å²) in [6.45, 7) is 6.27. The summed E-state index contributed by atoms with van der Waals surface area (Å²) >= 11 is 0. The minimum absolute atomic E-state index is 0.183. The van der Waals surface area contributed by atoms with Crippen LogP contribution in [-0.4, -0.2) is 36.5 Å². The molecule has 1 aromatic carbocycles. The monoisotopic (exact) mass is 358 g/mol. The molecule has 1 aliphatic rings. The van der Waals surface area contributed by atoms with E-state index < -0.39 is 11.7 Å². The first kappa shape index (κ1) is 19.5. The highest BCUT2D eigenvalue weighted by atomic mass is 16.6. The minimum atomic E-state index is -0.526. The first-order valence-electron chi connectivity index (χ1n) is 8.62. The Kier molecular flexibility index (Phi) is 6.38. The molecule has 0 spiro atoms. The van der Waals surface area contributed by atoms with Gasteiger partial charge in [0.1, 0.15) is 11.4 Å². The highest BCUT2D eigenvalue weighted by molar-refractivity contribution is 6.05. The number of nitrogens with zero attached hydrogens (tertiary/aromatic N) is 1. The number of benzene rings is 1. The second-order valence-electron chi connectivity index (χ2n) is 7.05. The van der Waals surface area contributed by atoms with E-state index in [1.165, 1.54) is 0 Å². The van der Waals surface area contributed by atoms with E-state index in [1.54, 1.807) is 20.8 Å². The van der Waals surface area contributed by atoms with E-state index in [2.05, 4.69) is 15.6 Å². The van der Waals surface area contributed by atoms with Gasteiger partial charge in [0, 0.05) is 30.6 Å². The molecule has 1 aromatic rings. The van der Waals surface area contributed by atoms with Crippen LogP contribution in [0.25, 0.3) is 6.08 Å². The van der Waals surface area contributed by atoms with Crippen LogP contribution in [0.15, 0.2) is 34.8 Å². The second-order valence-corrected chi connectivity index (χ2v) is 7.05. The van der Waals surface area contributed by atoms with E-state index in [1.807, 2.05) is 30.3 Å². The average molecular weight is 358 g/mol. The molecular weight excluding hydrogens is 332 g/mol. The van der Waals surface area contributed by atoms with Crippen molar-refractivity contribution < 1.29 is 14.3 Å². The number of fused-ring (bicyclic) bond motifs is 1. The number of amidine groups is 1. The molecule has 0 bridgehead atoms. The van der Waals surface area contributed by atoms with Crippen molar-refractivity contribution in [1.82, 2.24) is 10.6 Å². The quantitative estimate of drug-likeness (QED) is 0.703. The molecule has 1 aliphatic heterocycles. The number of nitrogens with one attached hydrogen (secondary N) is 2. The van der Waals surface area contributed by atoms with Crippen molar-refractivity contribution in [2.75, 3.05) is 13.1 Å². The number of hydrogen-bond donors (Lipinski definition) is 3. The van der Waals surface area contributed by atoms with Crippen molar-refractivity contribution in [3.63, 3.8) is 0 Å². The van der Waals surface area contributed by atoms with Crippen molar-refractivity contribution in [3.8, 4) is 0 Å². The predicted octanol–water partition coefficient (Wildman–Crippen LogP) is 2.49. The maximum atomic E-state index is 12.4. The lowest BCUT2D eigenvalue weighted by Gasteiger charge is -2.19. The lowest BCUT2D eigenvalue weighted by molar-refractivity contribution is -0.117. The molecule has 4 N–H and O–H groups in total. The molecule has 0 aromatic heterocycles. The highest BCUT2D eigenvalue weighted by Crippen LogP contribution is 2.25. The number of carbonyl (C=O) groups is 2. The minimum Gasteiger partial charge on any atom is -0.444 e. The number of para-hydroxylation sites is 1. The van der Waals surface area contributed by atoms with E-state index in [9.17, 15) is 9.59 Å². The zero-order valence-electron chi connectivity index (χ0n) is 15.5. The van der Waals surface area contributed by atoms with Crippen molar-refractivity contribution in [2.45, 2.75) is 39.2 Å². The van der Waals surface area contributed by atoms with Gasteiger partial charge in [0.15, 0.2) is 0 Å². The van der Waals surface area contributed by atoms with Crippen LogP contribution < -0.4 is 16.4 Å². The molecule has 0 radical (unpaired) electrons. The Labute approximate surface area is 153 Å². The molecule has 7 heteroatoms. The average Bonchev–Trinajstić information content (AvgIpc) is 2.70. The van der Waals surface area contributed by atoms with Crippen LogP contribution in [0.2, 0.25) is 0 Å². The molecule has 1 heterocycles. The van der Waals surface area contributed by atoms with E-state index in [4.69, 9.17) is 10.5 Å². The zero-order valence-corrected chi connectivity index (χ0v) is 15.5. The van der Waals surface area contributed by atoms with Gasteiger partial charge in [-0.25, -0.2) is 9.79 Å². The van der Waals surface area contributed by atoms with Crippen molar-refractivity contribution in [3.05, 3.63) is 35.4 Å². The Morgan fingerprint density at radius 1 is 1.19 bits per heavy atom. The number of amides is 2. The van der Waals surface area contributed by atoms with Gasteiger partial charge >= 0.3 is 6.09 Å². The van der Waals surface area contributed by atoms with Crippen LogP contribution in [0, 0.1) is 0 Å². The molecule has 0 atom stereocenters. The molecule has 7 nitrogen and oxygen atoms in total. The number of carbonyl (C=O) groups excluding carboxylic acids is 2. The third-order valence-electron chi connectivity index (χ3n) is 3.50. The van der Waals surface area contributed by atoms with Gasteiger partial charge in [0.05, 0.1) is 5.69 Å². The van der Waals surface area contributed by atoms with Crippen molar-refractivity contribution in [1.29, 1.82) is 0 Å². The molecule has 140 valence electrons. The summed E-state index contributed by atoms with van der Waals surface area (Å²) < 4.78 is 5.15. The molecule has 0 fully saturated rings. The number of alkyl carbamates (subject to hydrolysis) is 1. The molecule has 0 aliphatic carbocycles. The number of rotatable bonds is 5. The third kappa shape index (κ3) is 6.23. The van der Waals surface area contributed by atoms with Crippen LogP contribution in [0.1, 0.15) is 39.2 Å². The fourth-order valence-electron chi connectivity index (χ4n) is 2.39. The third-order valence-corrected chi connectivity index (χ3v) is 3.50. The van der Waals surface area contributed by atoms with E-state index in [0.29, 0.717) is 37.3 Å². The summed E-state index contributed by atoms with van der Waals surface area (Å²) in [4.78, 5) is 28.3. The molecule has 0 saturated carbocycles. The lowest BCUT2D eigenvalue weighted by Crippen LogP contribution is -2.34. The molecule has 0 unspecified atom stereocenters. The van der Waals surface area contributed by atoms with Crippen LogP contribution in [0.3, 0.4) is 0 Å². The Morgan fingerprint density at radius 3 is 2.62 bits per heavy atom. The van der Waals surface area contributed by atoms with E-state index in [-0.39, 0.29) is 5.91 Å². The van der Waals surface area contributed by atoms with Gasteiger partial charge in [-0.1, -0.05) is 18.2 Å². The van der Waals surface area contributed by atoms with Crippen LogP contribution >= 0.6 is 0 Å². The molecule has 2 rings (SSSR count). The Bertz CT molecular complexity index is 733. The van der Waals surface area contributed by atoms with Crippen molar-refractivity contribution >= 4 is 29.6 Å². The van der Waals surface area contributed by atoms with Gasteiger partial charge in [0.2, 0.25) is 5.91 Å². The predicted molar refractivity (Wildman–Crippen MR) is 102 cm³/mol. The maximum Gasteiger partial charge on any atom is 0.407 e. The zero-order chi connectivity index (χ0) is 19.2. The van der Waals surface area contributed by atoms with Gasteiger partial charge in [-0.3, -0.25) is 4.79 Å². The highest BCUT2D eigenvalue weighted by Gasteiger charge is 2.16. The molecule has 2 amide bonds. The molecular formula is C19H26N4O3. The number of nitrogens with two attached hydrogens (primary N) is 1. The maximum absolute atomic E-state index is 12.4. The summed E-state index contributed by atoms with van der Waals surface area (Å²) in [6, 6.07) is 7.54. The number of hydrogen-bond acceptors (Lipinski definition) is 5. The Morgan fingerprint density at radius 2 is 1.88 bits per heavy atom. The fourth-order valence-corrected chi connectivity index (χ4v) is 2.39. The van der Waals surface area contributed by atoms with Crippen LogP contribution in [0.4, 0.5) is 10.5 Å². The Balaban J connectivity index is 1.81. The van der Waals surface area contributed by atoms with Gasteiger partial charge in [0.25, 0.3) is 0 Å². The topological polar surface area (TPSA) is 106 Å². The SMILES string of the molecule is CC(C)(C)OC(=O)NCCCNC(=O)C1=Cc2ccccc2N=C(N)C1. The van der Waals surface area contributed by atoms with E-state index in [0.717, 1.165) is 11.3 Å². The summed E-state index contributed by atoms with van der Waals surface area (Å²) in [5, 5.41) is 5.50. The first-order chi connectivity index (χ1) is 12.2. The summed E-state index contributed by atoms with van der Waals surface area (Å²) in [5.41, 5.74) is 7.57. The van der Waals surface area contributed by atoms with Crippen molar-refractivity contribution in [2.24, 2.45) is 10.7 Å². The number of ether oxygens (including phenoxy) is 1. The van der Waals surface area contributed by atoms with Gasteiger partial charge < -0.3 is 21.1 Å². The normalized spacial score (nSPS) is 13.7. The van der Waals surface area contributed by atoms with Gasteiger partial charge in [-0.2, -0.15) is 0 Å². The Hall–Kier alpha value is -2.83. The molecule has 26 heavy (non-hydrogen) atoms. The first-order valence-corrected chi connectivity index (χ1v) is 8.62. The molecule has 0 saturated heterocycles. The number of aliphatic imine (C=N–C) groups is 1. The van der Waals surface area contributed by atoms with Gasteiger partial charge in [-0.15, -0.1) is 0 Å². The largest absolute Gasteiger partial charge is 0.444 e. The van der Waals surface area contributed by atoms with Gasteiger partial charge in [-0.05, 0) is 39.3 Å². The summed E-state index contributed by atoms with van der Waals surface area (Å²) in [7, 11) is 0. The lowest BCUT2D eigenvalue weighted by atomic mass is 10.1. The smallest absolute Gasteiger partial charge is 0.407 e.